The summed E-state index contributed by atoms with van der Waals surface area (Å²) in [6.45, 7) is 6.84. The maximum atomic E-state index is 12.4. The minimum atomic E-state index is -0.151. The Hall–Kier alpha value is -2.59. The van der Waals surface area contributed by atoms with Crippen LogP contribution in [0.1, 0.15) is 12.5 Å². The molecule has 0 aromatic heterocycles. The Morgan fingerprint density at radius 2 is 1.88 bits per heavy atom. The van der Waals surface area contributed by atoms with Crippen LogP contribution in [0.3, 0.4) is 0 Å². The second-order valence-corrected chi connectivity index (χ2v) is 5.84. The molecule has 0 heterocycles. The summed E-state index contributed by atoms with van der Waals surface area (Å²) in [5, 5.41) is 2.95. The number of anilines is 1. The monoisotopic (exact) mass is 325 g/mol. The van der Waals surface area contributed by atoms with E-state index in [-0.39, 0.29) is 11.9 Å². The third kappa shape index (κ3) is 5.25. The van der Waals surface area contributed by atoms with Crippen molar-refractivity contribution in [1.29, 1.82) is 0 Å². The lowest BCUT2D eigenvalue weighted by atomic mass is 10.1. The molecule has 0 saturated carbocycles. The molecule has 2 rings (SSSR count). The Balaban J connectivity index is 1.89. The van der Waals surface area contributed by atoms with E-state index in [1.54, 1.807) is 6.08 Å². The molecule has 2 aromatic carbocycles. The second kappa shape index (κ2) is 8.89. The van der Waals surface area contributed by atoms with Crippen molar-refractivity contribution in [3.05, 3.63) is 72.8 Å². The lowest BCUT2D eigenvalue weighted by molar-refractivity contribution is -0.907. The first-order chi connectivity index (χ1) is 11.6. The van der Waals surface area contributed by atoms with E-state index in [1.165, 1.54) is 0 Å². The van der Waals surface area contributed by atoms with Crippen molar-refractivity contribution >= 4 is 11.6 Å². The molecule has 1 amide bonds. The maximum Gasteiger partial charge on any atom is 0.282 e. The Kier molecular flexibility index (Phi) is 6.58. The van der Waals surface area contributed by atoms with Crippen LogP contribution in [0.2, 0.25) is 0 Å². The van der Waals surface area contributed by atoms with E-state index in [2.05, 4.69) is 11.9 Å². The first-order valence-corrected chi connectivity index (χ1v) is 8.11. The lowest BCUT2D eigenvalue weighted by Crippen LogP contribution is -3.12. The van der Waals surface area contributed by atoms with Crippen LogP contribution in [-0.4, -0.2) is 25.6 Å². The molecule has 2 aromatic rings. The number of amides is 1. The first kappa shape index (κ1) is 17.8. The molecule has 0 aliphatic heterocycles. The molecule has 1 unspecified atom stereocenters. The summed E-state index contributed by atoms with van der Waals surface area (Å²) in [6, 6.07) is 17.3. The van der Waals surface area contributed by atoms with Crippen LogP contribution in [0.25, 0.3) is 0 Å². The molecule has 2 atom stereocenters. The normalized spacial score (nSPS) is 12.9. The maximum absolute atomic E-state index is 12.4. The van der Waals surface area contributed by atoms with Gasteiger partial charge in [0.2, 0.25) is 0 Å². The predicted octanol–water partition coefficient (Wildman–Crippen LogP) is 2.29. The van der Waals surface area contributed by atoms with E-state index in [0.29, 0.717) is 6.61 Å². The number of likely N-dealkylation sites (N-methyl/N-ethyl adjacent to an activating group) is 1. The number of para-hydroxylation sites is 1. The van der Waals surface area contributed by atoms with Crippen LogP contribution >= 0.6 is 0 Å². The summed E-state index contributed by atoms with van der Waals surface area (Å²) >= 11 is 0. The second-order valence-electron chi connectivity index (χ2n) is 5.84. The lowest BCUT2D eigenvalue weighted by Gasteiger charge is -2.21. The van der Waals surface area contributed by atoms with Gasteiger partial charge in [0.15, 0.2) is 6.04 Å². The van der Waals surface area contributed by atoms with E-state index < -0.39 is 0 Å². The Morgan fingerprint density at radius 1 is 1.21 bits per heavy atom. The van der Waals surface area contributed by atoms with E-state index in [0.717, 1.165) is 28.4 Å². The van der Waals surface area contributed by atoms with Gasteiger partial charge in [-0.15, -0.1) is 0 Å². The number of carbonyl (C=O) groups excluding carboxylic acids is 1. The number of carbonyl (C=O) groups is 1. The van der Waals surface area contributed by atoms with Gasteiger partial charge in [-0.25, -0.2) is 0 Å². The van der Waals surface area contributed by atoms with Crippen molar-refractivity contribution in [2.75, 3.05) is 19.0 Å². The van der Waals surface area contributed by atoms with Crippen LogP contribution < -0.4 is 15.0 Å². The van der Waals surface area contributed by atoms with Crippen molar-refractivity contribution in [1.82, 2.24) is 0 Å². The molecule has 4 nitrogen and oxygen atoms in total. The quantitative estimate of drug-likeness (QED) is 0.731. The van der Waals surface area contributed by atoms with Crippen LogP contribution in [0, 0.1) is 0 Å². The van der Waals surface area contributed by atoms with Crippen molar-refractivity contribution in [3.63, 3.8) is 0 Å². The number of hydrogen-bond donors (Lipinski definition) is 2. The van der Waals surface area contributed by atoms with Gasteiger partial charge in [0.05, 0.1) is 7.05 Å². The van der Waals surface area contributed by atoms with E-state index in [1.807, 2.05) is 68.6 Å². The predicted molar refractivity (Wildman–Crippen MR) is 97.3 cm³/mol. The fourth-order valence-corrected chi connectivity index (χ4v) is 2.33. The molecular weight excluding hydrogens is 300 g/mol. The van der Waals surface area contributed by atoms with E-state index in [9.17, 15) is 4.79 Å². The molecule has 4 heteroatoms. The van der Waals surface area contributed by atoms with Crippen molar-refractivity contribution in [2.24, 2.45) is 0 Å². The third-order valence-electron chi connectivity index (χ3n) is 3.95. The van der Waals surface area contributed by atoms with Gasteiger partial charge in [0, 0.05) is 11.3 Å². The minimum absolute atomic E-state index is 0.0182. The molecule has 0 bridgehead atoms. The largest absolute Gasteiger partial charge is 0.490 e. The molecule has 2 N–H and O–H groups in total. The SMILES string of the molecule is C=CCOc1ccc(C[NH+](C)[C@H](C)C(=O)Nc2ccccc2)cc1. The summed E-state index contributed by atoms with van der Waals surface area (Å²) in [6.07, 6.45) is 1.72. The zero-order valence-electron chi connectivity index (χ0n) is 14.3. The molecule has 0 spiro atoms. The highest BCUT2D eigenvalue weighted by Crippen LogP contribution is 2.11. The van der Waals surface area contributed by atoms with Gasteiger partial charge in [-0.1, -0.05) is 30.9 Å². The molecule has 0 aliphatic carbocycles. The van der Waals surface area contributed by atoms with E-state index in [4.69, 9.17) is 4.74 Å². The number of rotatable bonds is 8. The summed E-state index contributed by atoms with van der Waals surface area (Å²) in [5.74, 6) is 0.843. The van der Waals surface area contributed by atoms with Crippen LogP contribution in [-0.2, 0) is 11.3 Å². The van der Waals surface area contributed by atoms with Crippen LogP contribution in [0.4, 0.5) is 5.69 Å². The Morgan fingerprint density at radius 3 is 2.50 bits per heavy atom. The smallest absolute Gasteiger partial charge is 0.282 e. The molecule has 0 saturated heterocycles. The van der Waals surface area contributed by atoms with Crippen LogP contribution in [0.5, 0.6) is 5.75 Å². The number of ether oxygens (including phenoxy) is 1. The van der Waals surface area contributed by atoms with Gasteiger partial charge < -0.3 is 15.0 Å². The van der Waals surface area contributed by atoms with Crippen molar-refractivity contribution < 1.29 is 14.4 Å². The van der Waals surface area contributed by atoms with Crippen molar-refractivity contribution in [2.45, 2.75) is 19.5 Å². The van der Waals surface area contributed by atoms with Crippen molar-refractivity contribution in [3.8, 4) is 5.75 Å². The highest BCUT2D eigenvalue weighted by atomic mass is 16.5. The molecule has 0 radical (unpaired) electrons. The number of quaternary nitrogens is 1. The fourth-order valence-electron chi connectivity index (χ4n) is 2.33. The molecule has 0 fully saturated rings. The average Bonchev–Trinajstić information content (AvgIpc) is 2.61. The van der Waals surface area contributed by atoms with E-state index >= 15 is 0 Å². The molecular formula is C20H25N2O2+. The Labute approximate surface area is 143 Å². The summed E-state index contributed by atoms with van der Waals surface area (Å²) in [5.41, 5.74) is 1.99. The van der Waals surface area contributed by atoms with Gasteiger partial charge in [-0.3, -0.25) is 4.79 Å². The highest BCUT2D eigenvalue weighted by molar-refractivity contribution is 5.93. The first-order valence-electron chi connectivity index (χ1n) is 8.11. The molecule has 24 heavy (non-hydrogen) atoms. The summed E-state index contributed by atoms with van der Waals surface area (Å²) in [4.78, 5) is 13.5. The average molecular weight is 325 g/mol. The van der Waals surface area contributed by atoms with Crippen LogP contribution in [0.15, 0.2) is 67.3 Å². The van der Waals surface area contributed by atoms with Gasteiger partial charge in [-0.2, -0.15) is 0 Å². The van der Waals surface area contributed by atoms with Gasteiger partial charge >= 0.3 is 0 Å². The summed E-state index contributed by atoms with van der Waals surface area (Å²) in [7, 11) is 2.03. The highest BCUT2D eigenvalue weighted by Gasteiger charge is 2.21. The topological polar surface area (TPSA) is 42.8 Å². The number of nitrogens with one attached hydrogen (secondary N) is 2. The Bertz CT molecular complexity index is 653. The third-order valence-corrected chi connectivity index (χ3v) is 3.95. The minimum Gasteiger partial charge on any atom is -0.490 e. The van der Waals surface area contributed by atoms with Gasteiger partial charge in [0.25, 0.3) is 5.91 Å². The van der Waals surface area contributed by atoms with Gasteiger partial charge in [-0.05, 0) is 43.3 Å². The standard InChI is InChI=1S/C20H24N2O2/c1-4-14-24-19-12-10-17(11-13-19)15-22(3)16(2)20(23)21-18-8-6-5-7-9-18/h4-13,16H,1,14-15H2,2-3H3,(H,21,23)/p+1/t16-/m1/s1. The summed E-state index contributed by atoms with van der Waals surface area (Å²) < 4.78 is 5.48. The number of hydrogen-bond acceptors (Lipinski definition) is 2. The van der Waals surface area contributed by atoms with Gasteiger partial charge in [0.1, 0.15) is 18.9 Å². The zero-order chi connectivity index (χ0) is 17.4. The fraction of sp³-hybridized carbons (Fsp3) is 0.250. The zero-order valence-corrected chi connectivity index (χ0v) is 14.3. The molecule has 0 aliphatic rings. The molecule has 126 valence electrons. The number of benzene rings is 2.